The van der Waals surface area contributed by atoms with Gasteiger partial charge in [0.25, 0.3) is 0 Å². The van der Waals surface area contributed by atoms with Crippen LogP contribution in [0.2, 0.25) is 0 Å². The summed E-state index contributed by atoms with van der Waals surface area (Å²) in [6.45, 7) is 0.155. The van der Waals surface area contributed by atoms with E-state index in [-0.39, 0.29) is 29.9 Å². The molecule has 3 rings (SSSR count). The highest BCUT2D eigenvalue weighted by atomic mass is 32.2. The van der Waals surface area contributed by atoms with E-state index in [4.69, 9.17) is 9.84 Å². The third-order valence-corrected chi connectivity index (χ3v) is 6.32. The first-order valence-corrected chi connectivity index (χ1v) is 11.0. The van der Waals surface area contributed by atoms with Gasteiger partial charge in [0.15, 0.2) is 0 Å². The van der Waals surface area contributed by atoms with Gasteiger partial charge in [-0.15, -0.1) is 11.8 Å². The summed E-state index contributed by atoms with van der Waals surface area (Å²) in [7, 11) is 4.71. The molecule has 0 radical (unpaired) electrons. The molecule has 31 heavy (non-hydrogen) atoms. The van der Waals surface area contributed by atoms with Crippen LogP contribution in [-0.2, 0) is 14.3 Å². The second kappa shape index (κ2) is 9.87. The van der Waals surface area contributed by atoms with Crippen molar-refractivity contribution in [2.24, 2.45) is 0 Å². The molecular weight excluding hydrogens is 416 g/mol. The maximum Gasteiger partial charge on any atom is 0.410 e. The molecule has 2 aromatic carbocycles. The van der Waals surface area contributed by atoms with Gasteiger partial charge in [-0.2, -0.15) is 0 Å². The molecule has 2 aromatic rings. The summed E-state index contributed by atoms with van der Waals surface area (Å²) in [5, 5.41) is 8.87. The second-order valence-corrected chi connectivity index (χ2v) is 8.60. The number of hydrogen-bond donors (Lipinski definition) is 1. The summed E-state index contributed by atoms with van der Waals surface area (Å²) in [5.41, 5.74) is 4.49. The zero-order valence-electron chi connectivity index (χ0n) is 17.8. The number of carboxylic acids is 1. The summed E-state index contributed by atoms with van der Waals surface area (Å²) < 4.78 is 5.63. The minimum atomic E-state index is -0.968. The number of carboxylic acid groups (broad SMARTS) is 1. The molecule has 0 aliphatic heterocycles. The summed E-state index contributed by atoms with van der Waals surface area (Å²) in [5.74, 6) is -1.30. The first-order valence-electron chi connectivity index (χ1n) is 9.89. The molecule has 0 saturated heterocycles. The molecule has 0 heterocycles. The third kappa shape index (κ3) is 5.02. The molecule has 2 amide bonds. The molecule has 1 unspecified atom stereocenters. The fourth-order valence-corrected chi connectivity index (χ4v) is 4.61. The average Bonchev–Trinajstić information content (AvgIpc) is 3.07. The van der Waals surface area contributed by atoms with Crippen LogP contribution in [0.4, 0.5) is 4.79 Å². The Labute approximate surface area is 186 Å². The van der Waals surface area contributed by atoms with Gasteiger partial charge in [0, 0.05) is 32.8 Å². The highest BCUT2D eigenvalue weighted by molar-refractivity contribution is 8.00. The van der Waals surface area contributed by atoms with Gasteiger partial charge in [-0.1, -0.05) is 48.5 Å². The van der Waals surface area contributed by atoms with Crippen LogP contribution in [0.3, 0.4) is 0 Å². The Hall–Kier alpha value is -3.00. The Bertz CT molecular complexity index is 932. The number of hydrogen-bond acceptors (Lipinski definition) is 5. The quantitative estimate of drug-likeness (QED) is 0.676. The molecular formula is C23H26N2O5S. The number of thioether (sulfide) groups is 1. The van der Waals surface area contributed by atoms with Crippen LogP contribution in [0.25, 0.3) is 11.1 Å². The Morgan fingerprint density at radius 2 is 1.55 bits per heavy atom. The molecule has 0 saturated carbocycles. The van der Waals surface area contributed by atoms with Gasteiger partial charge in [0.2, 0.25) is 5.91 Å². The Morgan fingerprint density at radius 3 is 2.06 bits per heavy atom. The van der Waals surface area contributed by atoms with Crippen molar-refractivity contribution in [2.45, 2.75) is 12.0 Å². The van der Waals surface area contributed by atoms with Gasteiger partial charge in [0.1, 0.15) is 12.6 Å². The molecule has 0 aromatic heterocycles. The lowest BCUT2D eigenvalue weighted by Crippen LogP contribution is -2.49. The van der Waals surface area contributed by atoms with Crippen molar-refractivity contribution < 1.29 is 24.2 Å². The van der Waals surface area contributed by atoms with Gasteiger partial charge in [0.05, 0.1) is 5.75 Å². The summed E-state index contributed by atoms with van der Waals surface area (Å²) in [6.07, 6.45) is -0.613. The first-order chi connectivity index (χ1) is 14.8. The lowest BCUT2D eigenvalue weighted by atomic mass is 9.98. The van der Waals surface area contributed by atoms with E-state index in [2.05, 4.69) is 12.1 Å². The molecule has 8 heteroatoms. The predicted octanol–water partition coefficient (Wildman–Crippen LogP) is 3.14. The molecule has 1 atom stereocenters. The largest absolute Gasteiger partial charge is 0.481 e. The fraction of sp³-hybridized carbons (Fsp3) is 0.348. The molecule has 0 spiro atoms. The van der Waals surface area contributed by atoms with Crippen LogP contribution in [0.15, 0.2) is 48.5 Å². The Morgan fingerprint density at radius 1 is 1.00 bits per heavy atom. The molecule has 164 valence electrons. The van der Waals surface area contributed by atoms with Crippen LogP contribution >= 0.6 is 11.8 Å². The lowest BCUT2D eigenvalue weighted by molar-refractivity contribution is -0.134. The zero-order valence-corrected chi connectivity index (χ0v) is 18.6. The van der Waals surface area contributed by atoms with Crippen molar-refractivity contribution in [2.75, 3.05) is 39.3 Å². The van der Waals surface area contributed by atoms with Crippen LogP contribution < -0.4 is 0 Å². The molecule has 0 bridgehead atoms. The van der Waals surface area contributed by atoms with E-state index < -0.39 is 18.1 Å². The predicted molar refractivity (Wildman–Crippen MR) is 120 cm³/mol. The van der Waals surface area contributed by atoms with E-state index in [0.717, 1.165) is 34.0 Å². The minimum absolute atomic E-state index is 0.0749. The van der Waals surface area contributed by atoms with Crippen LogP contribution in [0.1, 0.15) is 17.0 Å². The third-order valence-electron chi connectivity index (χ3n) is 5.32. The number of amides is 2. The number of nitrogens with zero attached hydrogens (tertiary/aromatic N) is 2. The molecule has 0 fully saturated rings. The Kier molecular flexibility index (Phi) is 7.22. The second-order valence-electron chi connectivity index (χ2n) is 7.57. The molecule has 1 aliphatic rings. The topological polar surface area (TPSA) is 87.2 Å². The van der Waals surface area contributed by atoms with Crippen molar-refractivity contribution in [1.29, 1.82) is 0 Å². The number of aliphatic carboxylic acids is 1. The number of fused-ring (bicyclic) bond motifs is 3. The van der Waals surface area contributed by atoms with E-state index in [1.54, 1.807) is 14.1 Å². The van der Waals surface area contributed by atoms with E-state index in [0.29, 0.717) is 0 Å². The monoisotopic (exact) mass is 442 g/mol. The number of ether oxygens (including phenoxy) is 1. The van der Waals surface area contributed by atoms with E-state index in [1.807, 2.05) is 36.4 Å². The van der Waals surface area contributed by atoms with Crippen LogP contribution in [-0.4, -0.2) is 78.2 Å². The smallest absolute Gasteiger partial charge is 0.410 e. The van der Waals surface area contributed by atoms with Gasteiger partial charge >= 0.3 is 12.1 Å². The summed E-state index contributed by atoms with van der Waals surface area (Å²) in [4.78, 5) is 38.8. The lowest BCUT2D eigenvalue weighted by Gasteiger charge is -2.29. The fourth-order valence-electron chi connectivity index (χ4n) is 3.73. The van der Waals surface area contributed by atoms with Gasteiger partial charge in [-0.3, -0.25) is 14.5 Å². The number of benzene rings is 2. The number of rotatable bonds is 8. The number of carbonyl (C=O) groups is 3. The minimum Gasteiger partial charge on any atom is -0.481 e. The SMILES string of the molecule is CN(C)C(=O)C(CSCC(=O)O)N(C)C(=O)OCC1c2ccccc2-c2ccccc21. The van der Waals surface area contributed by atoms with Crippen molar-refractivity contribution in [3.8, 4) is 11.1 Å². The average molecular weight is 443 g/mol. The van der Waals surface area contributed by atoms with Crippen LogP contribution in [0, 0.1) is 0 Å². The zero-order chi connectivity index (χ0) is 22.5. The van der Waals surface area contributed by atoms with Gasteiger partial charge in [-0.25, -0.2) is 4.79 Å². The highest BCUT2D eigenvalue weighted by Gasteiger charge is 2.32. The van der Waals surface area contributed by atoms with E-state index in [9.17, 15) is 14.4 Å². The summed E-state index contributed by atoms with van der Waals surface area (Å²) >= 11 is 1.09. The maximum absolute atomic E-state index is 12.8. The normalized spacial score (nSPS) is 13.1. The Balaban J connectivity index is 1.71. The van der Waals surface area contributed by atoms with Crippen LogP contribution in [0.5, 0.6) is 0 Å². The van der Waals surface area contributed by atoms with Crippen molar-refractivity contribution in [3.05, 3.63) is 59.7 Å². The van der Waals surface area contributed by atoms with Crippen molar-refractivity contribution in [1.82, 2.24) is 9.80 Å². The molecule has 1 aliphatic carbocycles. The standard InChI is InChI=1S/C23H26N2O5S/c1-24(2)22(28)20(13-31-14-21(26)27)25(3)23(29)30-12-19-17-10-6-4-8-15(17)16-9-5-7-11-18(16)19/h4-11,19-20H,12-14H2,1-3H3,(H,26,27). The molecule has 1 N–H and O–H groups in total. The van der Waals surface area contributed by atoms with E-state index >= 15 is 0 Å². The van der Waals surface area contributed by atoms with Crippen molar-refractivity contribution in [3.63, 3.8) is 0 Å². The number of carbonyl (C=O) groups excluding carboxylic acids is 2. The molecule has 7 nitrogen and oxygen atoms in total. The van der Waals surface area contributed by atoms with E-state index in [1.165, 1.54) is 16.8 Å². The van der Waals surface area contributed by atoms with Crippen molar-refractivity contribution >= 4 is 29.7 Å². The van der Waals surface area contributed by atoms with Gasteiger partial charge < -0.3 is 14.7 Å². The summed E-state index contributed by atoms with van der Waals surface area (Å²) in [6, 6.07) is 15.3. The highest BCUT2D eigenvalue weighted by Crippen LogP contribution is 2.44. The van der Waals surface area contributed by atoms with Gasteiger partial charge in [-0.05, 0) is 22.3 Å². The maximum atomic E-state index is 12.8. The first kappa shape index (κ1) is 22.7. The number of likely N-dealkylation sites (N-methyl/N-ethyl adjacent to an activating group) is 2.